The molecule has 0 radical (unpaired) electrons. The minimum absolute atomic E-state index is 0.138. The molecular weight excluding hydrogens is 402 g/mol. The van der Waals surface area contributed by atoms with Gasteiger partial charge in [0.2, 0.25) is 5.91 Å². The van der Waals surface area contributed by atoms with Gasteiger partial charge in [0.25, 0.3) is 5.24 Å². The molecule has 0 aromatic heterocycles. The van der Waals surface area contributed by atoms with Crippen LogP contribution in [-0.2, 0) is 11.3 Å². The number of fused-ring (bicyclic) bond motifs is 1. The Morgan fingerprint density at radius 3 is 2.87 bits per heavy atom. The molecule has 0 spiro atoms. The first kappa shape index (κ1) is 20.6. The first-order valence-corrected chi connectivity index (χ1v) is 10.9. The standard InChI is InChI=1S/C22H25N3O4S/c1-28-19-9-5-3-7-16(19)20-13-25(12-15-6-2-4-8-18(15)29-20)11-10-23-21(26)17-14-30-22(27)24-17/h2-9,17,20H,10-14H2,1H3,(H,23,26)(H,24,27)/t17-,20?/m0/s1. The fourth-order valence-electron chi connectivity index (χ4n) is 3.73. The van der Waals surface area contributed by atoms with Crippen LogP contribution in [0.15, 0.2) is 48.5 Å². The van der Waals surface area contributed by atoms with Crippen molar-refractivity contribution in [2.75, 3.05) is 32.5 Å². The van der Waals surface area contributed by atoms with E-state index in [1.54, 1.807) is 7.11 Å². The molecule has 2 atom stereocenters. The van der Waals surface area contributed by atoms with Crippen LogP contribution in [0.25, 0.3) is 0 Å². The molecule has 7 nitrogen and oxygen atoms in total. The molecule has 30 heavy (non-hydrogen) atoms. The average Bonchev–Trinajstić information content (AvgIpc) is 3.11. The van der Waals surface area contributed by atoms with Gasteiger partial charge in [0, 0.05) is 43.1 Å². The predicted octanol–water partition coefficient (Wildman–Crippen LogP) is 2.57. The Morgan fingerprint density at radius 1 is 1.27 bits per heavy atom. The van der Waals surface area contributed by atoms with Crippen LogP contribution in [-0.4, -0.2) is 54.6 Å². The maximum atomic E-state index is 12.3. The first-order valence-electron chi connectivity index (χ1n) is 9.95. The van der Waals surface area contributed by atoms with Crippen molar-refractivity contribution in [3.63, 3.8) is 0 Å². The van der Waals surface area contributed by atoms with Gasteiger partial charge in [-0.25, -0.2) is 0 Å². The lowest BCUT2D eigenvalue weighted by molar-refractivity contribution is -0.122. The molecule has 0 saturated carbocycles. The number of amides is 2. The normalized spacial score (nSPS) is 21.2. The number of hydrogen-bond donors (Lipinski definition) is 2. The van der Waals surface area contributed by atoms with Crippen molar-refractivity contribution in [2.24, 2.45) is 0 Å². The molecule has 2 heterocycles. The fraction of sp³-hybridized carbons (Fsp3) is 0.364. The summed E-state index contributed by atoms with van der Waals surface area (Å²) in [5.74, 6) is 2.00. The highest BCUT2D eigenvalue weighted by Crippen LogP contribution is 2.34. The van der Waals surface area contributed by atoms with Crippen LogP contribution >= 0.6 is 11.8 Å². The Labute approximate surface area is 180 Å². The maximum absolute atomic E-state index is 12.3. The number of nitrogens with zero attached hydrogens (tertiary/aromatic N) is 1. The number of hydrogen-bond acceptors (Lipinski definition) is 6. The summed E-state index contributed by atoms with van der Waals surface area (Å²) in [6, 6.07) is 15.5. The lowest BCUT2D eigenvalue weighted by atomic mass is 10.1. The molecule has 1 unspecified atom stereocenters. The average molecular weight is 428 g/mol. The number of carbonyl (C=O) groups excluding carboxylic acids is 2. The Kier molecular flexibility index (Phi) is 6.44. The van der Waals surface area contributed by atoms with Gasteiger partial charge < -0.3 is 20.1 Å². The van der Waals surface area contributed by atoms with E-state index in [2.05, 4.69) is 21.6 Å². The molecule has 4 rings (SSSR count). The lowest BCUT2D eigenvalue weighted by Crippen LogP contribution is -2.45. The van der Waals surface area contributed by atoms with E-state index in [1.165, 1.54) is 0 Å². The second-order valence-corrected chi connectivity index (χ2v) is 8.27. The quantitative estimate of drug-likeness (QED) is 0.738. The van der Waals surface area contributed by atoms with E-state index < -0.39 is 6.04 Å². The van der Waals surface area contributed by atoms with Crippen molar-refractivity contribution in [1.82, 2.24) is 15.5 Å². The van der Waals surface area contributed by atoms with Gasteiger partial charge in [-0.15, -0.1) is 0 Å². The molecule has 0 bridgehead atoms. The summed E-state index contributed by atoms with van der Waals surface area (Å²) >= 11 is 1.14. The topological polar surface area (TPSA) is 79.9 Å². The summed E-state index contributed by atoms with van der Waals surface area (Å²) in [7, 11) is 1.66. The van der Waals surface area contributed by atoms with E-state index in [-0.39, 0.29) is 17.3 Å². The second-order valence-electron chi connectivity index (χ2n) is 7.28. The van der Waals surface area contributed by atoms with Gasteiger partial charge in [-0.05, 0) is 12.1 Å². The van der Waals surface area contributed by atoms with E-state index in [0.29, 0.717) is 25.4 Å². The van der Waals surface area contributed by atoms with E-state index in [1.807, 2.05) is 42.5 Å². The summed E-state index contributed by atoms with van der Waals surface area (Å²) in [5, 5.41) is 5.47. The van der Waals surface area contributed by atoms with Crippen molar-refractivity contribution in [3.8, 4) is 11.5 Å². The molecule has 2 aliphatic heterocycles. The summed E-state index contributed by atoms with van der Waals surface area (Å²) in [4.78, 5) is 25.8. The van der Waals surface area contributed by atoms with Crippen LogP contribution in [0.1, 0.15) is 17.2 Å². The summed E-state index contributed by atoms with van der Waals surface area (Å²) < 4.78 is 11.9. The van der Waals surface area contributed by atoms with Gasteiger partial charge in [-0.3, -0.25) is 14.5 Å². The first-order chi connectivity index (χ1) is 14.6. The Bertz CT molecular complexity index is 923. The number of carbonyl (C=O) groups is 2. The van der Waals surface area contributed by atoms with Gasteiger partial charge in [0.15, 0.2) is 0 Å². The third-order valence-electron chi connectivity index (χ3n) is 5.26. The smallest absolute Gasteiger partial charge is 0.279 e. The highest BCUT2D eigenvalue weighted by Gasteiger charge is 2.29. The molecule has 2 amide bonds. The molecule has 0 aliphatic carbocycles. The van der Waals surface area contributed by atoms with Gasteiger partial charge in [0.1, 0.15) is 23.6 Å². The molecule has 2 aromatic carbocycles. The highest BCUT2D eigenvalue weighted by atomic mass is 32.2. The summed E-state index contributed by atoms with van der Waals surface area (Å²) in [6.45, 7) is 2.56. The Balaban J connectivity index is 1.45. The molecule has 2 aromatic rings. The largest absolute Gasteiger partial charge is 0.496 e. The van der Waals surface area contributed by atoms with Gasteiger partial charge in [-0.1, -0.05) is 48.2 Å². The zero-order valence-corrected chi connectivity index (χ0v) is 17.6. The zero-order chi connectivity index (χ0) is 20.9. The third-order valence-corrected chi connectivity index (χ3v) is 6.14. The van der Waals surface area contributed by atoms with Crippen molar-refractivity contribution >= 4 is 22.9 Å². The fourth-order valence-corrected chi connectivity index (χ4v) is 4.51. The SMILES string of the molecule is COc1ccccc1C1CN(CCNC(=O)[C@@H]2CSC(=O)N2)Cc2ccccc2O1. The highest BCUT2D eigenvalue weighted by molar-refractivity contribution is 8.14. The third kappa shape index (κ3) is 4.71. The van der Waals surface area contributed by atoms with E-state index in [4.69, 9.17) is 9.47 Å². The number of para-hydroxylation sites is 2. The van der Waals surface area contributed by atoms with E-state index >= 15 is 0 Å². The second kappa shape index (κ2) is 9.40. The molecule has 2 aliphatic rings. The molecular formula is C22H25N3O4S. The van der Waals surface area contributed by atoms with Crippen LogP contribution in [0.2, 0.25) is 0 Å². The molecule has 1 fully saturated rings. The Hall–Kier alpha value is -2.71. The number of methoxy groups -OCH3 is 1. The monoisotopic (exact) mass is 427 g/mol. The van der Waals surface area contributed by atoms with Crippen molar-refractivity contribution in [2.45, 2.75) is 18.7 Å². The van der Waals surface area contributed by atoms with Gasteiger partial charge >= 0.3 is 0 Å². The molecule has 8 heteroatoms. The minimum Gasteiger partial charge on any atom is -0.496 e. The van der Waals surface area contributed by atoms with Gasteiger partial charge in [0.05, 0.1) is 7.11 Å². The van der Waals surface area contributed by atoms with Crippen molar-refractivity contribution in [1.29, 1.82) is 0 Å². The summed E-state index contributed by atoms with van der Waals surface area (Å²) in [6.07, 6.45) is -0.189. The number of benzene rings is 2. The molecule has 2 N–H and O–H groups in total. The number of rotatable bonds is 6. The van der Waals surface area contributed by atoms with Crippen molar-refractivity contribution in [3.05, 3.63) is 59.7 Å². The number of ether oxygens (including phenoxy) is 2. The molecule has 1 saturated heterocycles. The van der Waals surface area contributed by atoms with Gasteiger partial charge in [-0.2, -0.15) is 0 Å². The van der Waals surface area contributed by atoms with Crippen LogP contribution in [0.3, 0.4) is 0 Å². The van der Waals surface area contributed by atoms with Crippen LogP contribution in [0.5, 0.6) is 11.5 Å². The number of nitrogens with one attached hydrogen (secondary N) is 2. The summed E-state index contributed by atoms with van der Waals surface area (Å²) in [5.41, 5.74) is 2.11. The van der Waals surface area contributed by atoms with Crippen LogP contribution in [0, 0.1) is 0 Å². The Morgan fingerprint density at radius 2 is 2.07 bits per heavy atom. The predicted molar refractivity (Wildman–Crippen MR) is 116 cm³/mol. The lowest BCUT2D eigenvalue weighted by Gasteiger charge is -2.25. The minimum atomic E-state index is -0.447. The maximum Gasteiger partial charge on any atom is 0.279 e. The van der Waals surface area contributed by atoms with Crippen molar-refractivity contribution < 1.29 is 19.1 Å². The zero-order valence-electron chi connectivity index (χ0n) is 16.8. The van der Waals surface area contributed by atoms with E-state index in [0.717, 1.165) is 40.9 Å². The molecule has 158 valence electrons. The van der Waals surface area contributed by atoms with Crippen LogP contribution < -0.4 is 20.1 Å². The van der Waals surface area contributed by atoms with E-state index in [9.17, 15) is 9.59 Å². The van der Waals surface area contributed by atoms with Crippen LogP contribution in [0.4, 0.5) is 4.79 Å². The number of thioether (sulfide) groups is 1.